The van der Waals surface area contributed by atoms with Crippen LogP contribution < -0.4 is 25.4 Å². The molecule has 0 heterocycles. The third-order valence-electron chi connectivity index (χ3n) is 4.81. The summed E-state index contributed by atoms with van der Waals surface area (Å²) in [6.07, 6.45) is 0.437. The van der Waals surface area contributed by atoms with Crippen molar-refractivity contribution < 1.29 is 28.6 Å². The molecule has 9 heteroatoms. The van der Waals surface area contributed by atoms with Crippen molar-refractivity contribution in [2.45, 2.75) is 52.2 Å². The van der Waals surface area contributed by atoms with E-state index in [-0.39, 0.29) is 24.8 Å². The van der Waals surface area contributed by atoms with Crippen LogP contribution in [0, 0.1) is 0 Å². The average molecular weight is 486 g/mol. The molecule has 9 nitrogen and oxygen atoms in total. The molecule has 3 N–H and O–H groups in total. The molecule has 0 radical (unpaired) electrons. The predicted octanol–water partition coefficient (Wildman–Crippen LogP) is 3.81. The van der Waals surface area contributed by atoms with Crippen molar-refractivity contribution in [1.29, 1.82) is 0 Å². The molecule has 2 aromatic rings. The SMILES string of the molecule is COc1ccc(CCC(=O)Nc2cccc(CNC(=O)CCNC(=O)OC(C)(C)C)c2)cc1OC. The molecule has 0 saturated carbocycles. The minimum Gasteiger partial charge on any atom is -0.493 e. The molecule has 0 aliphatic carbocycles. The van der Waals surface area contributed by atoms with Gasteiger partial charge in [-0.3, -0.25) is 9.59 Å². The van der Waals surface area contributed by atoms with Crippen LogP contribution in [0.5, 0.6) is 11.5 Å². The Labute approximate surface area is 206 Å². The van der Waals surface area contributed by atoms with Crippen LogP contribution in [0.2, 0.25) is 0 Å². The maximum absolute atomic E-state index is 12.4. The molecule has 0 saturated heterocycles. The molecule has 0 atom stereocenters. The highest BCUT2D eigenvalue weighted by molar-refractivity contribution is 5.91. The molecule has 0 spiro atoms. The van der Waals surface area contributed by atoms with Crippen molar-refractivity contribution in [3.8, 4) is 11.5 Å². The molecule has 35 heavy (non-hydrogen) atoms. The number of carbonyl (C=O) groups is 3. The second-order valence-electron chi connectivity index (χ2n) is 8.89. The maximum Gasteiger partial charge on any atom is 0.407 e. The van der Waals surface area contributed by atoms with E-state index in [4.69, 9.17) is 14.2 Å². The topological polar surface area (TPSA) is 115 Å². The second kappa shape index (κ2) is 13.2. The van der Waals surface area contributed by atoms with E-state index in [0.29, 0.717) is 36.6 Å². The van der Waals surface area contributed by atoms with Gasteiger partial charge in [-0.2, -0.15) is 0 Å². The molecule has 190 valence electrons. The van der Waals surface area contributed by atoms with Gasteiger partial charge in [0.05, 0.1) is 14.2 Å². The standard InChI is InChI=1S/C26H35N3O6/c1-26(2,3)35-25(32)27-14-13-23(30)28-17-19-7-6-8-20(15-19)29-24(31)12-10-18-9-11-21(33-4)22(16-18)34-5/h6-9,11,15-16H,10,12-14,17H2,1-5H3,(H,27,32)(H,28,30)(H,29,31). The van der Waals surface area contributed by atoms with Crippen molar-refractivity contribution in [3.05, 3.63) is 53.6 Å². The normalized spacial score (nSPS) is 10.8. The van der Waals surface area contributed by atoms with Gasteiger partial charge in [0, 0.05) is 31.6 Å². The maximum atomic E-state index is 12.4. The van der Waals surface area contributed by atoms with Gasteiger partial charge < -0.3 is 30.2 Å². The van der Waals surface area contributed by atoms with Gasteiger partial charge in [-0.15, -0.1) is 0 Å². The highest BCUT2D eigenvalue weighted by atomic mass is 16.6. The lowest BCUT2D eigenvalue weighted by molar-refractivity contribution is -0.121. The van der Waals surface area contributed by atoms with Gasteiger partial charge in [0.1, 0.15) is 5.60 Å². The zero-order chi connectivity index (χ0) is 25.8. The Balaban J connectivity index is 1.76. The van der Waals surface area contributed by atoms with E-state index in [1.807, 2.05) is 36.4 Å². The quantitative estimate of drug-likeness (QED) is 0.446. The average Bonchev–Trinajstić information content (AvgIpc) is 2.80. The monoisotopic (exact) mass is 485 g/mol. The number of ether oxygens (including phenoxy) is 3. The number of hydrogen-bond acceptors (Lipinski definition) is 6. The second-order valence-corrected chi connectivity index (χ2v) is 8.89. The van der Waals surface area contributed by atoms with Crippen LogP contribution in [-0.2, 0) is 27.3 Å². The van der Waals surface area contributed by atoms with Crippen LogP contribution >= 0.6 is 0 Å². The Bertz CT molecular complexity index is 1020. The van der Waals surface area contributed by atoms with E-state index in [9.17, 15) is 14.4 Å². The van der Waals surface area contributed by atoms with Crippen LogP contribution in [0.1, 0.15) is 44.7 Å². The Hall–Kier alpha value is -3.75. The third-order valence-corrected chi connectivity index (χ3v) is 4.81. The Morgan fingerprint density at radius 3 is 2.26 bits per heavy atom. The summed E-state index contributed by atoms with van der Waals surface area (Å²) < 4.78 is 15.7. The minimum absolute atomic E-state index is 0.116. The number of carbonyl (C=O) groups excluding carboxylic acids is 3. The number of benzene rings is 2. The number of aryl methyl sites for hydroxylation is 1. The number of nitrogens with one attached hydrogen (secondary N) is 3. The van der Waals surface area contributed by atoms with Gasteiger partial charge in [-0.25, -0.2) is 4.79 Å². The molecule has 0 unspecified atom stereocenters. The van der Waals surface area contributed by atoms with Crippen LogP contribution in [-0.4, -0.2) is 44.3 Å². The van der Waals surface area contributed by atoms with Crippen molar-refractivity contribution >= 4 is 23.6 Å². The number of anilines is 1. The zero-order valence-electron chi connectivity index (χ0n) is 21.0. The summed E-state index contributed by atoms with van der Waals surface area (Å²) in [5.41, 5.74) is 1.88. The summed E-state index contributed by atoms with van der Waals surface area (Å²) in [4.78, 5) is 36.1. The van der Waals surface area contributed by atoms with Crippen molar-refractivity contribution in [3.63, 3.8) is 0 Å². The molecular formula is C26H35N3O6. The van der Waals surface area contributed by atoms with Gasteiger partial charge in [0.25, 0.3) is 0 Å². The summed E-state index contributed by atoms with van der Waals surface area (Å²) in [6, 6.07) is 12.9. The fourth-order valence-electron chi connectivity index (χ4n) is 3.16. The highest BCUT2D eigenvalue weighted by Crippen LogP contribution is 2.28. The molecule has 0 aromatic heterocycles. The minimum atomic E-state index is -0.587. The predicted molar refractivity (Wildman–Crippen MR) is 134 cm³/mol. The molecular weight excluding hydrogens is 450 g/mol. The Morgan fingerprint density at radius 2 is 1.57 bits per heavy atom. The molecule has 2 rings (SSSR count). The lowest BCUT2D eigenvalue weighted by Crippen LogP contribution is -2.35. The van der Waals surface area contributed by atoms with E-state index in [1.165, 1.54) is 0 Å². The number of methoxy groups -OCH3 is 2. The summed E-state index contributed by atoms with van der Waals surface area (Å²) in [5.74, 6) is 0.948. The van der Waals surface area contributed by atoms with E-state index in [1.54, 1.807) is 41.1 Å². The number of alkyl carbamates (subject to hydrolysis) is 1. The molecule has 0 fully saturated rings. The first-order valence-electron chi connectivity index (χ1n) is 11.4. The van der Waals surface area contributed by atoms with Crippen molar-refractivity contribution in [2.75, 3.05) is 26.1 Å². The first kappa shape index (κ1) is 27.5. The van der Waals surface area contributed by atoms with Crippen LogP contribution in [0.3, 0.4) is 0 Å². The Kier molecular flexibility index (Phi) is 10.4. The third kappa shape index (κ3) is 10.4. The van der Waals surface area contributed by atoms with Gasteiger partial charge in [-0.1, -0.05) is 18.2 Å². The number of amides is 3. The molecule has 0 aliphatic rings. The first-order chi connectivity index (χ1) is 16.6. The van der Waals surface area contributed by atoms with E-state index < -0.39 is 11.7 Å². The van der Waals surface area contributed by atoms with Gasteiger partial charge in [0.15, 0.2) is 11.5 Å². The summed E-state index contributed by atoms with van der Waals surface area (Å²) in [5, 5.41) is 8.24. The first-order valence-corrected chi connectivity index (χ1v) is 11.4. The zero-order valence-corrected chi connectivity index (χ0v) is 21.0. The largest absolute Gasteiger partial charge is 0.493 e. The Morgan fingerprint density at radius 1 is 0.829 bits per heavy atom. The highest BCUT2D eigenvalue weighted by Gasteiger charge is 2.16. The fourth-order valence-corrected chi connectivity index (χ4v) is 3.16. The summed E-state index contributed by atoms with van der Waals surface area (Å²) in [6.45, 7) is 5.80. The fraction of sp³-hybridized carbons (Fsp3) is 0.423. The molecule has 0 bridgehead atoms. The van der Waals surface area contributed by atoms with Crippen LogP contribution in [0.25, 0.3) is 0 Å². The van der Waals surface area contributed by atoms with Gasteiger partial charge in [0.2, 0.25) is 11.8 Å². The van der Waals surface area contributed by atoms with E-state index >= 15 is 0 Å². The molecule has 2 aromatic carbocycles. The lowest BCUT2D eigenvalue weighted by atomic mass is 10.1. The van der Waals surface area contributed by atoms with Gasteiger partial charge >= 0.3 is 6.09 Å². The van der Waals surface area contributed by atoms with E-state index in [2.05, 4.69) is 16.0 Å². The number of rotatable bonds is 11. The smallest absolute Gasteiger partial charge is 0.407 e. The van der Waals surface area contributed by atoms with E-state index in [0.717, 1.165) is 11.1 Å². The summed E-state index contributed by atoms with van der Waals surface area (Å²) >= 11 is 0. The van der Waals surface area contributed by atoms with Crippen molar-refractivity contribution in [2.24, 2.45) is 0 Å². The van der Waals surface area contributed by atoms with Crippen molar-refractivity contribution in [1.82, 2.24) is 10.6 Å². The lowest BCUT2D eigenvalue weighted by Gasteiger charge is -2.19. The molecule has 0 aliphatic heterocycles. The summed E-state index contributed by atoms with van der Waals surface area (Å²) in [7, 11) is 3.15. The van der Waals surface area contributed by atoms with Gasteiger partial charge in [-0.05, 0) is 62.6 Å². The van der Waals surface area contributed by atoms with Crippen LogP contribution in [0.15, 0.2) is 42.5 Å². The number of hydrogen-bond donors (Lipinski definition) is 3. The van der Waals surface area contributed by atoms with Crippen LogP contribution in [0.4, 0.5) is 10.5 Å². The molecule has 3 amide bonds.